The van der Waals surface area contributed by atoms with Gasteiger partial charge in [-0.05, 0) is 48.7 Å². The molecule has 1 atom stereocenters. The Balaban J connectivity index is 0.00000280. The summed E-state index contributed by atoms with van der Waals surface area (Å²) >= 11 is 0. The normalized spacial score (nSPS) is 19.2. The molecule has 0 radical (unpaired) electrons. The van der Waals surface area contributed by atoms with E-state index in [2.05, 4.69) is 10.3 Å². The first-order valence-electron chi connectivity index (χ1n) is 8.60. The van der Waals surface area contributed by atoms with Crippen LogP contribution in [-0.4, -0.2) is 35.4 Å². The number of hydrogen-bond acceptors (Lipinski definition) is 4. The molecule has 2 aromatic rings. The first kappa shape index (κ1) is 22.0. The van der Waals surface area contributed by atoms with E-state index in [4.69, 9.17) is 5.73 Å². The molecule has 28 heavy (non-hydrogen) atoms. The van der Waals surface area contributed by atoms with Crippen LogP contribution in [0.25, 0.3) is 0 Å². The van der Waals surface area contributed by atoms with Crippen molar-refractivity contribution in [3.05, 3.63) is 53.7 Å². The molecule has 9 heteroatoms. The largest absolute Gasteiger partial charge is 0.416 e. The molecule has 0 spiro atoms. The number of aromatic nitrogens is 1. The highest BCUT2D eigenvalue weighted by Crippen LogP contribution is 2.33. The second-order valence-electron chi connectivity index (χ2n) is 7.09. The van der Waals surface area contributed by atoms with Crippen LogP contribution in [0.1, 0.15) is 29.3 Å². The quantitative estimate of drug-likeness (QED) is 0.790. The average molecular weight is 415 g/mol. The first-order chi connectivity index (χ1) is 12.7. The molecule has 1 aliphatic heterocycles. The molecule has 1 aromatic heterocycles. The summed E-state index contributed by atoms with van der Waals surface area (Å²) in [6.07, 6.45) is -2.14. The van der Waals surface area contributed by atoms with E-state index >= 15 is 0 Å². The maximum atomic E-state index is 12.9. The summed E-state index contributed by atoms with van der Waals surface area (Å²) in [5.41, 5.74) is 5.44. The number of alkyl halides is 3. The van der Waals surface area contributed by atoms with Crippen LogP contribution in [0.15, 0.2) is 42.6 Å². The van der Waals surface area contributed by atoms with Crippen molar-refractivity contribution in [3.63, 3.8) is 0 Å². The monoisotopic (exact) mass is 414 g/mol. The third-order valence-corrected chi connectivity index (χ3v) is 4.83. The molecule has 1 fully saturated rings. The zero-order chi connectivity index (χ0) is 19.7. The first-order valence-corrected chi connectivity index (χ1v) is 8.60. The number of pyridine rings is 1. The summed E-state index contributed by atoms with van der Waals surface area (Å²) in [7, 11) is 0. The molecule has 3 rings (SSSR count). The van der Waals surface area contributed by atoms with Crippen molar-refractivity contribution in [1.82, 2.24) is 9.88 Å². The van der Waals surface area contributed by atoms with Gasteiger partial charge in [-0.3, -0.25) is 4.79 Å². The minimum Gasteiger partial charge on any atom is -0.340 e. The van der Waals surface area contributed by atoms with Gasteiger partial charge in [-0.25, -0.2) is 4.98 Å². The van der Waals surface area contributed by atoms with Crippen LogP contribution in [0.5, 0.6) is 0 Å². The molecule has 1 unspecified atom stereocenters. The summed E-state index contributed by atoms with van der Waals surface area (Å²) < 4.78 is 38.7. The van der Waals surface area contributed by atoms with E-state index in [0.29, 0.717) is 25.2 Å². The van der Waals surface area contributed by atoms with Crippen LogP contribution in [0.3, 0.4) is 0 Å². The number of rotatable bonds is 4. The lowest BCUT2D eigenvalue weighted by atomic mass is 9.90. The topological polar surface area (TPSA) is 71.2 Å². The van der Waals surface area contributed by atoms with E-state index in [0.717, 1.165) is 18.6 Å². The minimum absolute atomic E-state index is 0. The summed E-state index contributed by atoms with van der Waals surface area (Å²) in [5, 5.41) is 2.84. The van der Waals surface area contributed by atoms with Crippen LogP contribution < -0.4 is 11.1 Å². The van der Waals surface area contributed by atoms with Crippen molar-refractivity contribution < 1.29 is 18.0 Å². The van der Waals surface area contributed by atoms with Gasteiger partial charge in [0, 0.05) is 25.0 Å². The van der Waals surface area contributed by atoms with Crippen molar-refractivity contribution in [3.8, 4) is 0 Å². The van der Waals surface area contributed by atoms with Crippen LogP contribution in [0, 0.1) is 5.41 Å². The summed E-state index contributed by atoms with van der Waals surface area (Å²) in [6, 6.07) is 8.03. The molecule has 2 heterocycles. The fraction of sp³-hybridized carbons (Fsp3) is 0.368. The fourth-order valence-electron chi connectivity index (χ4n) is 3.12. The van der Waals surface area contributed by atoms with E-state index in [1.807, 2.05) is 6.92 Å². The van der Waals surface area contributed by atoms with Crippen LogP contribution in [0.4, 0.5) is 24.7 Å². The minimum atomic E-state index is -4.44. The van der Waals surface area contributed by atoms with Gasteiger partial charge in [-0.2, -0.15) is 13.2 Å². The zero-order valence-corrected chi connectivity index (χ0v) is 16.1. The summed E-state index contributed by atoms with van der Waals surface area (Å²) in [5.74, 6) is 0.0120. The van der Waals surface area contributed by atoms with Gasteiger partial charge in [0.25, 0.3) is 5.91 Å². The average Bonchev–Trinajstić information content (AvgIpc) is 3.04. The zero-order valence-electron chi connectivity index (χ0n) is 15.3. The second-order valence-corrected chi connectivity index (χ2v) is 7.09. The van der Waals surface area contributed by atoms with Gasteiger partial charge >= 0.3 is 6.18 Å². The Morgan fingerprint density at radius 1 is 1.32 bits per heavy atom. The highest BCUT2D eigenvalue weighted by Gasteiger charge is 2.36. The van der Waals surface area contributed by atoms with Crippen molar-refractivity contribution in [2.75, 3.05) is 25.0 Å². The van der Waals surface area contributed by atoms with Crippen LogP contribution >= 0.6 is 12.4 Å². The highest BCUT2D eigenvalue weighted by molar-refractivity contribution is 5.99. The maximum Gasteiger partial charge on any atom is 0.416 e. The molecule has 1 aliphatic rings. The number of likely N-dealkylation sites (tertiary alicyclic amines) is 1. The predicted octanol–water partition coefficient (Wildman–Crippen LogP) is 4.08. The molecule has 5 nitrogen and oxygen atoms in total. The lowest BCUT2D eigenvalue weighted by Gasteiger charge is -2.23. The molecule has 0 saturated carbocycles. The SMILES string of the molecule is CC1(CN)CCN(C(=O)c2cccnc2Nc2cccc(C(F)(F)F)c2)C1.Cl. The number of nitrogens with zero attached hydrogens (tertiary/aromatic N) is 2. The summed E-state index contributed by atoms with van der Waals surface area (Å²) in [6.45, 7) is 3.65. The second kappa shape index (κ2) is 8.36. The lowest BCUT2D eigenvalue weighted by Crippen LogP contribution is -2.34. The Bertz CT molecular complexity index is 846. The van der Waals surface area contributed by atoms with Crippen molar-refractivity contribution >= 4 is 29.8 Å². The third kappa shape index (κ3) is 4.74. The summed E-state index contributed by atoms with van der Waals surface area (Å²) in [4.78, 5) is 18.8. The van der Waals surface area contributed by atoms with Crippen molar-refractivity contribution in [2.24, 2.45) is 11.1 Å². The number of carbonyl (C=O) groups excluding carboxylic acids is 1. The van der Waals surface area contributed by atoms with Crippen LogP contribution in [-0.2, 0) is 6.18 Å². The number of benzene rings is 1. The predicted molar refractivity (Wildman–Crippen MR) is 104 cm³/mol. The number of nitrogens with one attached hydrogen (secondary N) is 1. The molecule has 1 amide bonds. The number of nitrogens with two attached hydrogens (primary N) is 1. The maximum absolute atomic E-state index is 12.9. The molecule has 3 N–H and O–H groups in total. The number of amides is 1. The van der Waals surface area contributed by atoms with Gasteiger partial charge in [-0.15, -0.1) is 12.4 Å². The van der Waals surface area contributed by atoms with Gasteiger partial charge in [0.2, 0.25) is 0 Å². The molecule has 0 aliphatic carbocycles. The Morgan fingerprint density at radius 2 is 2.07 bits per heavy atom. The van der Waals surface area contributed by atoms with Crippen molar-refractivity contribution in [1.29, 1.82) is 0 Å². The Labute approximate surface area is 167 Å². The van der Waals surface area contributed by atoms with E-state index in [1.54, 1.807) is 17.0 Å². The third-order valence-electron chi connectivity index (χ3n) is 4.83. The Morgan fingerprint density at radius 3 is 2.71 bits per heavy atom. The highest BCUT2D eigenvalue weighted by atomic mass is 35.5. The number of hydrogen-bond donors (Lipinski definition) is 2. The molecule has 1 aromatic carbocycles. The van der Waals surface area contributed by atoms with Gasteiger partial charge in [0.05, 0.1) is 11.1 Å². The lowest BCUT2D eigenvalue weighted by molar-refractivity contribution is -0.137. The van der Waals surface area contributed by atoms with Gasteiger partial charge in [0.15, 0.2) is 0 Å². The Hall–Kier alpha value is -2.32. The Kier molecular flexibility index (Phi) is 6.56. The standard InChI is InChI=1S/C19H21F3N4O.ClH/c1-18(11-23)7-9-26(12-18)17(27)15-6-3-8-24-16(15)25-14-5-2-4-13(10-14)19(20,21)22;/h2-6,8,10H,7,9,11-12,23H2,1H3,(H,24,25);1H. The van der Waals surface area contributed by atoms with E-state index in [1.165, 1.54) is 18.3 Å². The molecule has 152 valence electrons. The number of halogens is 4. The number of carbonyl (C=O) groups is 1. The van der Waals surface area contributed by atoms with E-state index in [-0.39, 0.29) is 35.2 Å². The number of anilines is 2. The molecule has 0 bridgehead atoms. The smallest absolute Gasteiger partial charge is 0.340 e. The van der Waals surface area contributed by atoms with Gasteiger partial charge in [-0.1, -0.05) is 13.0 Å². The van der Waals surface area contributed by atoms with Gasteiger partial charge < -0.3 is 16.0 Å². The molecule has 1 saturated heterocycles. The van der Waals surface area contributed by atoms with Crippen LogP contribution in [0.2, 0.25) is 0 Å². The van der Waals surface area contributed by atoms with E-state index < -0.39 is 11.7 Å². The van der Waals surface area contributed by atoms with Gasteiger partial charge in [0.1, 0.15) is 5.82 Å². The fourth-order valence-corrected chi connectivity index (χ4v) is 3.12. The van der Waals surface area contributed by atoms with E-state index in [9.17, 15) is 18.0 Å². The molecular formula is C19H22ClF3N4O. The van der Waals surface area contributed by atoms with Crippen molar-refractivity contribution in [2.45, 2.75) is 19.5 Å². The molecular weight excluding hydrogens is 393 g/mol.